The SMILES string of the molecule is CN1C2CCC1CC(OC1c3ccccc3CCc3ccccc31)C2.O=C([O-])CC(O)(CC(=O)[O-])C(=O)[O-].[H+].[H+].[H+]. The summed E-state index contributed by atoms with van der Waals surface area (Å²) in [6.45, 7) is 0. The number of hydrogen-bond acceptors (Lipinski definition) is 9. The van der Waals surface area contributed by atoms with E-state index in [1.54, 1.807) is 0 Å². The third-order valence-electron chi connectivity index (χ3n) is 7.98. The normalized spacial score (nSPS) is 22.8. The molecule has 3 aliphatic rings. The van der Waals surface area contributed by atoms with Crippen molar-refractivity contribution in [1.29, 1.82) is 0 Å². The average Bonchev–Trinajstić information content (AvgIpc) is 3.01. The maximum atomic E-state index is 10.1. The summed E-state index contributed by atoms with van der Waals surface area (Å²) in [4.78, 5) is 32.6. The quantitative estimate of drug-likeness (QED) is 0.509. The van der Waals surface area contributed by atoms with Gasteiger partial charge in [-0.1, -0.05) is 48.5 Å². The molecular weight excluding hydrogens is 490 g/mol. The fraction of sp³-hybridized carbons (Fsp3) is 0.483. The first kappa shape index (κ1) is 27.8. The van der Waals surface area contributed by atoms with Gasteiger partial charge >= 0.3 is 4.28 Å². The van der Waals surface area contributed by atoms with Crippen LogP contribution < -0.4 is 15.3 Å². The maximum absolute atomic E-state index is 10.1. The first-order valence-corrected chi connectivity index (χ1v) is 12.9. The van der Waals surface area contributed by atoms with Crippen LogP contribution in [0.4, 0.5) is 0 Å². The number of benzene rings is 2. The van der Waals surface area contributed by atoms with Crippen molar-refractivity contribution in [2.45, 2.75) is 81.3 Å². The van der Waals surface area contributed by atoms with E-state index in [9.17, 15) is 29.7 Å². The fourth-order valence-corrected chi connectivity index (χ4v) is 5.97. The lowest BCUT2D eigenvalue weighted by Crippen LogP contribution is -2.54. The zero-order valence-electron chi connectivity index (χ0n) is 24.3. The van der Waals surface area contributed by atoms with Gasteiger partial charge in [0, 0.05) is 36.9 Å². The molecule has 1 aliphatic carbocycles. The third kappa shape index (κ3) is 6.23. The lowest BCUT2D eigenvalue weighted by molar-refractivity contribution is -0.339. The van der Waals surface area contributed by atoms with Gasteiger partial charge in [0.05, 0.1) is 12.1 Å². The molecule has 9 heteroatoms. The summed E-state index contributed by atoms with van der Waals surface area (Å²) in [6.07, 6.45) is 5.07. The smallest absolute Gasteiger partial charge is 0.550 e. The Morgan fingerprint density at radius 3 is 1.76 bits per heavy atom. The number of ether oxygens (including phenoxy) is 1. The molecule has 2 atom stereocenters. The second-order valence-corrected chi connectivity index (χ2v) is 10.5. The Hall–Kier alpha value is -3.27. The van der Waals surface area contributed by atoms with Gasteiger partial charge in [-0.3, -0.25) is 0 Å². The highest BCUT2D eigenvalue weighted by Crippen LogP contribution is 2.41. The minimum absolute atomic E-state index is 0. The molecular formula is C29H35NO8. The highest BCUT2D eigenvalue weighted by molar-refractivity contribution is 5.86. The largest absolute Gasteiger partial charge is 1.00 e. The van der Waals surface area contributed by atoms with E-state index in [0.717, 1.165) is 24.9 Å². The molecule has 2 fully saturated rings. The molecule has 0 spiro atoms. The van der Waals surface area contributed by atoms with Crippen molar-refractivity contribution in [3.05, 3.63) is 70.8 Å². The minimum Gasteiger partial charge on any atom is -0.550 e. The van der Waals surface area contributed by atoms with Gasteiger partial charge in [0.25, 0.3) is 0 Å². The maximum Gasteiger partial charge on any atom is 1.00 e. The van der Waals surface area contributed by atoms with Crippen LogP contribution in [0.15, 0.2) is 48.5 Å². The van der Waals surface area contributed by atoms with Gasteiger partial charge in [-0.05, 0) is 67.8 Å². The summed E-state index contributed by atoms with van der Waals surface area (Å²) in [5, 5.41) is 38.9. The van der Waals surface area contributed by atoms with Gasteiger partial charge in [0.15, 0.2) is 0 Å². The Morgan fingerprint density at radius 2 is 1.34 bits per heavy atom. The minimum atomic E-state index is -2.97. The number of carbonyl (C=O) groups excluding carboxylic acids is 3. The first-order chi connectivity index (χ1) is 18.1. The molecule has 0 saturated carbocycles. The van der Waals surface area contributed by atoms with Crippen molar-refractivity contribution >= 4 is 17.9 Å². The molecule has 1 N–H and O–H groups in total. The van der Waals surface area contributed by atoms with E-state index in [1.165, 1.54) is 47.9 Å². The van der Waals surface area contributed by atoms with Crippen LogP contribution in [0.3, 0.4) is 0 Å². The van der Waals surface area contributed by atoms with Crippen LogP contribution in [0.5, 0.6) is 0 Å². The number of rotatable bonds is 7. The monoisotopic (exact) mass is 525 g/mol. The van der Waals surface area contributed by atoms with Crippen LogP contribution in [0.25, 0.3) is 0 Å². The second kappa shape index (κ2) is 11.6. The molecule has 5 rings (SSSR count). The molecule has 38 heavy (non-hydrogen) atoms. The van der Waals surface area contributed by atoms with E-state index in [-0.39, 0.29) is 10.4 Å². The van der Waals surface area contributed by atoms with Crippen LogP contribution in [-0.2, 0) is 32.0 Å². The molecule has 0 radical (unpaired) electrons. The molecule has 9 nitrogen and oxygen atoms in total. The van der Waals surface area contributed by atoms with E-state index < -0.39 is 36.4 Å². The van der Waals surface area contributed by atoms with Crippen molar-refractivity contribution in [2.24, 2.45) is 0 Å². The van der Waals surface area contributed by atoms with Crippen LogP contribution in [0.2, 0.25) is 0 Å². The zero-order valence-corrected chi connectivity index (χ0v) is 21.3. The molecule has 2 bridgehead atoms. The van der Waals surface area contributed by atoms with Gasteiger partial charge in [0.2, 0.25) is 0 Å². The van der Waals surface area contributed by atoms with Gasteiger partial charge in [-0.2, -0.15) is 0 Å². The number of hydrogen-bond donors (Lipinski definition) is 1. The van der Waals surface area contributed by atoms with E-state index in [0.29, 0.717) is 6.10 Å². The Morgan fingerprint density at radius 1 is 0.895 bits per heavy atom. The van der Waals surface area contributed by atoms with E-state index >= 15 is 0 Å². The third-order valence-corrected chi connectivity index (χ3v) is 7.98. The first-order valence-electron chi connectivity index (χ1n) is 12.9. The van der Waals surface area contributed by atoms with Crippen LogP contribution >= 0.6 is 0 Å². The van der Waals surface area contributed by atoms with E-state index in [4.69, 9.17) is 9.84 Å². The van der Waals surface area contributed by atoms with Gasteiger partial charge in [-0.15, -0.1) is 0 Å². The van der Waals surface area contributed by atoms with Crippen molar-refractivity contribution in [3.63, 3.8) is 0 Å². The number of carboxylic acid groups (broad SMARTS) is 3. The molecule has 2 aromatic carbocycles. The fourth-order valence-electron chi connectivity index (χ4n) is 5.97. The molecule has 204 valence electrons. The van der Waals surface area contributed by atoms with Crippen LogP contribution in [0, 0.1) is 0 Å². The number of fused-ring (bicyclic) bond motifs is 4. The number of aliphatic hydroxyl groups is 1. The van der Waals surface area contributed by atoms with Gasteiger partial charge < -0.3 is 44.4 Å². The van der Waals surface area contributed by atoms with Gasteiger partial charge in [0.1, 0.15) is 11.7 Å². The summed E-state index contributed by atoms with van der Waals surface area (Å²) in [5.41, 5.74) is 2.72. The molecule has 2 aromatic rings. The summed E-state index contributed by atoms with van der Waals surface area (Å²) in [7, 11) is 2.30. The van der Waals surface area contributed by atoms with Crippen molar-refractivity contribution in [3.8, 4) is 0 Å². The Kier molecular flexibility index (Phi) is 8.50. The highest BCUT2D eigenvalue weighted by atomic mass is 16.5. The Labute approximate surface area is 226 Å². The molecule has 2 aliphatic heterocycles. The Balaban J connectivity index is 0.000000459. The predicted octanol–water partition coefficient (Wildman–Crippen LogP) is -0.399. The number of aryl methyl sites for hydroxylation is 2. The van der Waals surface area contributed by atoms with Crippen LogP contribution in [-0.4, -0.2) is 58.8 Å². The zero-order chi connectivity index (χ0) is 27.4. The van der Waals surface area contributed by atoms with Crippen LogP contribution in [0.1, 0.15) is 71.2 Å². The number of carbonyl (C=O) groups is 3. The van der Waals surface area contributed by atoms with E-state index in [1.807, 2.05) is 0 Å². The van der Waals surface area contributed by atoms with Gasteiger partial charge in [-0.25, -0.2) is 0 Å². The molecule has 2 heterocycles. The predicted molar refractivity (Wildman–Crippen MR) is 133 cm³/mol. The van der Waals surface area contributed by atoms with E-state index in [2.05, 4.69) is 60.5 Å². The molecule has 0 amide bonds. The Bertz CT molecular complexity index is 1120. The molecule has 2 saturated heterocycles. The standard InChI is InChI=1S/C23H27NO.C6H8O7/c1-24-18-12-13-19(24)15-20(14-18)25-23-21-8-4-2-6-16(21)10-11-17-7-3-5-9-22(17)23;7-3(8)1-6(13,5(11)12)2-4(9)10/h2-9,18-20,23H,10-15H2,1H3;13H,1-2H2,(H,7,8)(H,9,10)(H,11,12). The molecule has 0 aromatic heterocycles. The van der Waals surface area contributed by atoms with Crippen molar-refractivity contribution in [1.82, 2.24) is 4.90 Å². The number of piperidine rings is 1. The number of carboxylic acids is 3. The topological polar surface area (TPSA) is 153 Å². The summed E-state index contributed by atoms with van der Waals surface area (Å²) in [5.74, 6) is -5.98. The summed E-state index contributed by atoms with van der Waals surface area (Å²) in [6, 6.07) is 19.3. The van der Waals surface area contributed by atoms with Crippen molar-refractivity contribution < 1.29 is 43.8 Å². The van der Waals surface area contributed by atoms with Crippen molar-refractivity contribution in [2.75, 3.05) is 7.05 Å². The lowest BCUT2D eigenvalue weighted by atomic mass is 9.95. The number of aliphatic carboxylic acids is 3. The summed E-state index contributed by atoms with van der Waals surface area (Å²) >= 11 is 0. The second-order valence-electron chi connectivity index (χ2n) is 10.5. The highest BCUT2D eigenvalue weighted by Gasteiger charge is 2.40. The lowest BCUT2D eigenvalue weighted by Gasteiger charge is -2.38. The summed E-state index contributed by atoms with van der Waals surface area (Å²) < 4.78 is 6.87. The number of nitrogens with zero attached hydrogens (tertiary/aromatic N) is 1. The average molecular weight is 526 g/mol. The molecule has 2 unspecified atom stereocenters.